The number of anilines is 1. The summed E-state index contributed by atoms with van der Waals surface area (Å²) < 4.78 is 26.6. The predicted octanol–water partition coefficient (Wildman–Crippen LogP) is 0.577. The van der Waals surface area contributed by atoms with E-state index in [0.717, 1.165) is 0 Å². The molecule has 1 aromatic rings. The van der Waals surface area contributed by atoms with E-state index >= 15 is 0 Å². The van der Waals surface area contributed by atoms with E-state index in [-0.39, 0.29) is 5.75 Å². The van der Waals surface area contributed by atoms with E-state index in [9.17, 15) is 13.5 Å². The third kappa shape index (κ3) is 2.61. The van der Waals surface area contributed by atoms with Crippen LogP contribution in [0.2, 0.25) is 0 Å². The molecule has 0 atom stereocenters. The molecule has 0 saturated heterocycles. The van der Waals surface area contributed by atoms with Crippen molar-refractivity contribution < 1.29 is 13.5 Å². The van der Waals surface area contributed by atoms with Gasteiger partial charge in [0.1, 0.15) is 5.75 Å². The maximum absolute atomic E-state index is 11.1. The first-order chi connectivity index (χ1) is 6.44. The Kier molecular flexibility index (Phi) is 2.97. The monoisotopic (exact) mass is 216 g/mol. The van der Waals surface area contributed by atoms with E-state index < -0.39 is 10.2 Å². The highest BCUT2D eigenvalue weighted by atomic mass is 32.2. The van der Waals surface area contributed by atoms with E-state index in [0.29, 0.717) is 11.3 Å². The standard InChI is InChI=1S/C8H12N2O3S/c1-6-5-7(3-4-8(6)11)10-14(12,13)9-2/h3-5,9-11H,1-2H3. The van der Waals surface area contributed by atoms with Gasteiger partial charge in [0.05, 0.1) is 5.69 Å². The highest BCUT2D eigenvalue weighted by Crippen LogP contribution is 2.20. The second-order valence-electron chi connectivity index (χ2n) is 2.81. The zero-order valence-electron chi connectivity index (χ0n) is 7.90. The number of hydrogen-bond donors (Lipinski definition) is 3. The van der Waals surface area contributed by atoms with Crippen molar-refractivity contribution in [2.24, 2.45) is 0 Å². The van der Waals surface area contributed by atoms with Gasteiger partial charge in [-0.3, -0.25) is 4.72 Å². The van der Waals surface area contributed by atoms with Crippen LogP contribution in [-0.2, 0) is 10.2 Å². The fourth-order valence-electron chi connectivity index (χ4n) is 0.925. The van der Waals surface area contributed by atoms with Gasteiger partial charge in [0, 0.05) is 7.05 Å². The van der Waals surface area contributed by atoms with Crippen LogP contribution in [0.3, 0.4) is 0 Å². The highest BCUT2D eigenvalue weighted by molar-refractivity contribution is 7.90. The minimum Gasteiger partial charge on any atom is -0.508 e. The van der Waals surface area contributed by atoms with Gasteiger partial charge in [-0.05, 0) is 30.7 Å². The molecule has 0 aromatic heterocycles. The number of aryl methyl sites for hydroxylation is 1. The molecule has 0 amide bonds. The summed E-state index contributed by atoms with van der Waals surface area (Å²) in [6.45, 7) is 1.69. The first-order valence-corrected chi connectivity index (χ1v) is 5.44. The van der Waals surface area contributed by atoms with Crippen LogP contribution in [0.4, 0.5) is 5.69 Å². The zero-order chi connectivity index (χ0) is 10.8. The Labute approximate surface area is 83.0 Å². The molecule has 0 aliphatic carbocycles. The van der Waals surface area contributed by atoms with E-state index in [4.69, 9.17) is 0 Å². The molecule has 0 saturated carbocycles. The van der Waals surface area contributed by atoms with Crippen molar-refractivity contribution in [2.45, 2.75) is 6.92 Å². The molecule has 6 heteroatoms. The first kappa shape index (κ1) is 10.8. The third-order valence-corrected chi connectivity index (χ3v) is 2.76. The summed E-state index contributed by atoms with van der Waals surface area (Å²) in [5, 5.41) is 9.21. The van der Waals surface area contributed by atoms with Crippen molar-refractivity contribution in [1.82, 2.24) is 4.72 Å². The minimum atomic E-state index is -3.48. The Morgan fingerprint density at radius 1 is 1.36 bits per heavy atom. The molecule has 0 spiro atoms. The van der Waals surface area contributed by atoms with Crippen molar-refractivity contribution in [3.8, 4) is 5.75 Å². The summed E-state index contributed by atoms with van der Waals surface area (Å²) in [4.78, 5) is 0. The fraction of sp³-hybridized carbons (Fsp3) is 0.250. The molecule has 0 bridgehead atoms. The average molecular weight is 216 g/mol. The van der Waals surface area contributed by atoms with Crippen LogP contribution in [0.5, 0.6) is 5.75 Å². The SMILES string of the molecule is CNS(=O)(=O)Nc1ccc(O)c(C)c1. The highest BCUT2D eigenvalue weighted by Gasteiger charge is 2.06. The maximum Gasteiger partial charge on any atom is 0.298 e. The summed E-state index contributed by atoms with van der Waals surface area (Å²) >= 11 is 0. The second kappa shape index (κ2) is 3.85. The van der Waals surface area contributed by atoms with Gasteiger partial charge in [0.2, 0.25) is 0 Å². The molecule has 0 radical (unpaired) electrons. The molecule has 0 aliphatic heterocycles. The van der Waals surface area contributed by atoms with Gasteiger partial charge < -0.3 is 5.11 Å². The van der Waals surface area contributed by atoms with Crippen molar-refractivity contribution in [3.63, 3.8) is 0 Å². The van der Waals surface area contributed by atoms with Gasteiger partial charge in [0.25, 0.3) is 10.2 Å². The Morgan fingerprint density at radius 3 is 2.50 bits per heavy atom. The largest absolute Gasteiger partial charge is 0.508 e. The van der Waals surface area contributed by atoms with Crippen LogP contribution in [0.1, 0.15) is 5.56 Å². The Balaban J connectivity index is 2.94. The molecular weight excluding hydrogens is 204 g/mol. The maximum atomic E-state index is 11.1. The van der Waals surface area contributed by atoms with Gasteiger partial charge in [-0.25, -0.2) is 4.72 Å². The number of hydrogen-bond acceptors (Lipinski definition) is 3. The lowest BCUT2D eigenvalue weighted by Gasteiger charge is -2.07. The van der Waals surface area contributed by atoms with E-state index in [1.54, 1.807) is 13.0 Å². The quantitative estimate of drug-likeness (QED) is 0.646. The van der Waals surface area contributed by atoms with Crippen LogP contribution >= 0.6 is 0 Å². The molecular formula is C8H12N2O3S. The predicted molar refractivity (Wildman–Crippen MR) is 54.4 cm³/mol. The van der Waals surface area contributed by atoms with Gasteiger partial charge in [-0.2, -0.15) is 8.42 Å². The van der Waals surface area contributed by atoms with Gasteiger partial charge >= 0.3 is 0 Å². The Morgan fingerprint density at radius 2 is 2.00 bits per heavy atom. The van der Waals surface area contributed by atoms with Crippen LogP contribution in [0.15, 0.2) is 18.2 Å². The number of benzene rings is 1. The molecule has 14 heavy (non-hydrogen) atoms. The molecule has 5 nitrogen and oxygen atoms in total. The molecule has 0 aliphatic rings. The molecule has 0 heterocycles. The zero-order valence-corrected chi connectivity index (χ0v) is 8.72. The van der Waals surface area contributed by atoms with Crippen molar-refractivity contribution in [2.75, 3.05) is 11.8 Å². The summed E-state index contributed by atoms with van der Waals surface area (Å²) in [5.41, 5.74) is 1.02. The first-order valence-electron chi connectivity index (χ1n) is 3.95. The number of aromatic hydroxyl groups is 1. The summed E-state index contributed by atoms with van der Waals surface area (Å²) in [7, 11) is -2.17. The number of phenols is 1. The van der Waals surface area contributed by atoms with Crippen LogP contribution in [0, 0.1) is 6.92 Å². The van der Waals surface area contributed by atoms with E-state index in [1.165, 1.54) is 19.2 Å². The Bertz CT molecular complexity index is 428. The molecule has 0 unspecified atom stereocenters. The summed E-state index contributed by atoms with van der Waals surface area (Å²) in [6, 6.07) is 4.46. The fourth-order valence-corrected chi connectivity index (χ4v) is 1.46. The topological polar surface area (TPSA) is 78.4 Å². The summed E-state index contributed by atoms with van der Waals surface area (Å²) in [6.07, 6.45) is 0. The van der Waals surface area contributed by atoms with Crippen LogP contribution < -0.4 is 9.44 Å². The van der Waals surface area contributed by atoms with Gasteiger partial charge in [0.15, 0.2) is 0 Å². The lowest BCUT2D eigenvalue weighted by molar-refractivity contribution is 0.471. The lowest BCUT2D eigenvalue weighted by atomic mass is 10.2. The molecule has 78 valence electrons. The summed E-state index contributed by atoms with van der Waals surface area (Å²) in [5.74, 6) is 0.136. The molecule has 3 N–H and O–H groups in total. The third-order valence-electron chi connectivity index (χ3n) is 1.72. The number of rotatable bonds is 3. The van der Waals surface area contributed by atoms with Crippen LogP contribution in [0.25, 0.3) is 0 Å². The lowest BCUT2D eigenvalue weighted by Crippen LogP contribution is -2.26. The Hall–Kier alpha value is -1.27. The molecule has 1 rings (SSSR count). The normalized spacial score (nSPS) is 11.3. The van der Waals surface area contributed by atoms with Crippen molar-refractivity contribution in [3.05, 3.63) is 23.8 Å². The van der Waals surface area contributed by atoms with E-state index in [1.807, 2.05) is 0 Å². The van der Waals surface area contributed by atoms with Crippen LogP contribution in [-0.4, -0.2) is 20.6 Å². The second-order valence-corrected chi connectivity index (χ2v) is 4.43. The van der Waals surface area contributed by atoms with Crippen molar-refractivity contribution in [1.29, 1.82) is 0 Å². The molecule has 0 fully saturated rings. The number of phenolic OH excluding ortho intramolecular Hbond substituents is 1. The van der Waals surface area contributed by atoms with Gasteiger partial charge in [-0.1, -0.05) is 0 Å². The minimum absolute atomic E-state index is 0.136. The smallest absolute Gasteiger partial charge is 0.298 e. The van der Waals surface area contributed by atoms with Gasteiger partial charge in [-0.15, -0.1) is 0 Å². The van der Waals surface area contributed by atoms with Crippen molar-refractivity contribution >= 4 is 15.9 Å². The average Bonchev–Trinajstić information content (AvgIpc) is 2.11. The van der Waals surface area contributed by atoms with E-state index in [2.05, 4.69) is 9.44 Å². The number of nitrogens with one attached hydrogen (secondary N) is 2. The molecule has 1 aromatic carbocycles.